The number of amides is 1. The van der Waals surface area contributed by atoms with E-state index in [0.29, 0.717) is 18.0 Å². The highest BCUT2D eigenvalue weighted by Crippen LogP contribution is 2.19. The van der Waals surface area contributed by atoms with E-state index >= 15 is 0 Å². The Hall–Kier alpha value is -3.29. The summed E-state index contributed by atoms with van der Waals surface area (Å²) in [5.74, 6) is -1.48. The maximum Gasteiger partial charge on any atom is 0.490 e. The number of alkyl halides is 3. The van der Waals surface area contributed by atoms with Gasteiger partial charge in [-0.1, -0.05) is 0 Å². The quantitative estimate of drug-likeness (QED) is 0.368. The standard InChI is InChI=1S/C23H33N5O3.C2HF3O2/c1-28(12-3-14-30-2)13-15-31-21-6-4-18(5-7-21)22-25-16-19(17-26-22)23(29)27-20-8-10-24-11-9-20;3-2(4,5)1(6)7/h4-7,16-17,20,24H,3,8-15H2,1-2H3,(H,27,29);(H,6,7). The van der Waals surface area contributed by atoms with Crippen LogP contribution in [-0.2, 0) is 9.53 Å². The highest BCUT2D eigenvalue weighted by atomic mass is 19.4. The van der Waals surface area contributed by atoms with Gasteiger partial charge in [0.1, 0.15) is 12.4 Å². The third-order valence-electron chi connectivity index (χ3n) is 5.57. The van der Waals surface area contributed by atoms with E-state index in [2.05, 4.69) is 32.5 Å². The monoisotopic (exact) mass is 541 g/mol. The summed E-state index contributed by atoms with van der Waals surface area (Å²) < 4.78 is 42.6. The molecule has 0 bridgehead atoms. The van der Waals surface area contributed by atoms with Gasteiger partial charge in [-0.3, -0.25) is 4.79 Å². The van der Waals surface area contributed by atoms with Crippen LogP contribution in [0, 0.1) is 0 Å². The molecule has 10 nitrogen and oxygen atoms in total. The van der Waals surface area contributed by atoms with Crippen molar-refractivity contribution >= 4 is 11.9 Å². The lowest BCUT2D eigenvalue weighted by Crippen LogP contribution is -2.42. The zero-order valence-corrected chi connectivity index (χ0v) is 21.5. The number of piperidine rings is 1. The van der Waals surface area contributed by atoms with Crippen LogP contribution in [0.4, 0.5) is 13.2 Å². The van der Waals surface area contributed by atoms with Crippen molar-refractivity contribution < 1.29 is 37.3 Å². The summed E-state index contributed by atoms with van der Waals surface area (Å²) in [5, 5.41) is 13.5. The molecule has 2 aromatic rings. The molecule has 1 saturated heterocycles. The van der Waals surface area contributed by atoms with Gasteiger partial charge in [0.2, 0.25) is 0 Å². The average Bonchev–Trinajstić information content (AvgIpc) is 2.90. The molecule has 1 aromatic carbocycles. The highest BCUT2D eigenvalue weighted by molar-refractivity contribution is 5.93. The number of ether oxygens (including phenoxy) is 2. The van der Waals surface area contributed by atoms with Crippen LogP contribution in [-0.4, -0.2) is 97.6 Å². The predicted octanol–water partition coefficient (Wildman–Crippen LogP) is 2.61. The number of nitrogens with zero attached hydrogens (tertiary/aromatic N) is 3. The van der Waals surface area contributed by atoms with Crippen LogP contribution in [0.1, 0.15) is 29.6 Å². The normalized spacial score (nSPS) is 13.9. The Labute approximate surface area is 219 Å². The molecule has 1 amide bonds. The number of carboxylic acid groups (broad SMARTS) is 1. The Morgan fingerprint density at radius 2 is 1.71 bits per heavy atom. The number of likely N-dealkylation sites (N-methyl/N-ethyl adjacent to an activating group) is 1. The van der Waals surface area contributed by atoms with Crippen LogP contribution in [0.25, 0.3) is 11.4 Å². The Balaban J connectivity index is 0.000000638. The molecular weight excluding hydrogens is 507 g/mol. The fraction of sp³-hybridized carbons (Fsp3) is 0.520. The van der Waals surface area contributed by atoms with E-state index in [0.717, 1.165) is 63.4 Å². The third kappa shape index (κ3) is 11.4. The van der Waals surface area contributed by atoms with Crippen molar-refractivity contribution in [1.82, 2.24) is 25.5 Å². The van der Waals surface area contributed by atoms with E-state index in [1.165, 1.54) is 0 Å². The number of aromatic nitrogens is 2. The summed E-state index contributed by atoms with van der Waals surface area (Å²) in [4.78, 5) is 32.3. The number of hydrogen-bond donors (Lipinski definition) is 3. The minimum atomic E-state index is -5.08. The van der Waals surface area contributed by atoms with Crippen LogP contribution < -0.4 is 15.4 Å². The van der Waals surface area contributed by atoms with Gasteiger partial charge in [-0.05, 0) is 63.7 Å². The van der Waals surface area contributed by atoms with Crippen LogP contribution in [0.15, 0.2) is 36.7 Å². The van der Waals surface area contributed by atoms with Crippen molar-refractivity contribution in [3.8, 4) is 17.1 Å². The van der Waals surface area contributed by atoms with E-state index in [9.17, 15) is 18.0 Å². The second kappa shape index (κ2) is 15.8. The number of methoxy groups -OCH3 is 1. The third-order valence-corrected chi connectivity index (χ3v) is 5.57. The van der Waals surface area contributed by atoms with E-state index in [4.69, 9.17) is 19.4 Å². The van der Waals surface area contributed by atoms with Crippen LogP contribution >= 0.6 is 0 Å². The molecule has 1 fully saturated rings. The smallest absolute Gasteiger partial charge is 0.490 e. The van der Waals surface area contributed by atoms with E-state index in [-0.39, 0.29) is 11.9 Å². The van der Waals surface area contributed by atoms with Gasteiger partial charge in [-0.25, -0.2) is 14.8 Å². The number of carbonyl (C=O) groups is 2. The molecule has 2 heterocycles. The summed E-state index contributed by atoms with van der Waals surface area (Å²) in [6, 6.07) is 7.91. The van der Waals surface area contributed by atoms with Gasteiger partial charge in [0.05, 0.1) is 5.56 Å². The minimum Gasteiger partial charge on any atom is -0.492 e. The van der Waals surface area contributed by atoms with Gasteiger partial charge in [0.25, 0.3) is 5.91 Å². The van der Waals surface area contributed by atoms with Gasteiger partial charge in [0, 0.05) is 50.8 Å². The van der Waals surface area contributed by atoms with Gasteiger partial charge in [-0.2, -0.15) is 13.2 Å². The molecule has 0 aliphatic carbocycles. The molecule has 13 heteroatoms. The zero-order valence-electron chi connectivity index (χ0n) is 21.5. The zero-order chi connectivity index (χ0) is 28.0. The largest absolute Gasteiger partial charge is 0.492 e. The van der Waals surface area contributed by atoms with E-state index in [1.807, 2.05) is 24.3 Å². The fourth-order valence-corrected chi connectivity index (χ4v) is 3.44. The molecule has 0 saturated carbocycles. The van der Waals surface area contributed by atoms with Gasteiger partial charge in [0.15, 0.2) is 5.82 Å². The Morgan fingerprint density at radius 1 is 1.11 bits per heavy atom. The first-order valence-corrected chi connectivity index (χ1v) is 12.1. The SMILES string of the molecule is COCCCN(C)CCOc1ccc(-c2ncc(C(=O)NC3CCNCC3)cn2)cc1.O=C(O)C(F)(F)F. The number of aliphatic carboxylic acids is 1. The topological polar surface area (TPSA) is 126 Å². The number of hydrogen-bond acceptors (Lipinski definition) is 8. The maximum absolute atomic E-state index is 12.4. The summed E-state index contributed by atoms with van der Waals surface area (Å²) in [6.07, 6.45) is 0.998. The van der Waals surface area contributed by atoms with Gasteiger partial charge in [-0.15, -0.1) is 0 Å². The summed E-state index contributed by atoms with van der Waals surface area (Å²) in [7, 11) is 3.80. The molecule has 38 heavy (non-hydrogen) atoms. The van der Waals surface area contributed by atoms with Crippen molar-refractivity contribution in [2.45, 2.75) is 31.5 Å². The molecule has 1 aliphatic rings. The first kappa shape index (κ1) is 30.9. The molecule has 0 unspecified atom stereocenters. The van der Waals surface area contributed by atoms with Crippen LogP contribution in [0.3, 0.4) is 0 Å². The van der Waals surface area contributed by atoms with Crippen LogP contribution in [0.5, 0.6) is 5.75 Å². The number of rotatable bonds is 11. The first-order valence-electron chi connectivity index (χ1n) is 12.1. The van der Waals surface area contributed by atoms with Gasteiger partial charge < -0.3 is 30.1 Å². The van der Waals surface area contributed by atoms with E-state index in [1.54, 1.807) is 19.5 Å². The predicted molar refractivity (Wildman–Crippen MR) is 134 cm³/mol. The van der Waals surface area contributed by atoms with Crippen molar-refractivity contribution in [2.75, 3.05) is 53.6 Å². The second-order valence-corrected chi connectivity index (χ2v) is 8.62. The maximum atomic E-state index is 12.4. The Morgan fingerprint density at radius 3 is 2.26 bits per heavy atom. The molecule has 3 N–H and O–H groups in total. The van der Waals surface area contributed by atoms with E-state index < -0.39 is 12.1 Å². The molecule has 0 radical (unpaired) electrons. The molecule has 1 aliphatic heterocycles. The summed E-state index contributed by atoms with van der Waals surface area (Å²) in [5.41, 5.74) is 1.37. The van der Waals surface area contributed by atoms with Crippen molar-refractivity contribution in [3.63, 3.8) is 0 Å². The number of carbonyl (C=O) groups excluding carboxylic acids is 1. The molecule has 0 atom stereocenters. The minimum absolute atomic E-state index is 0.116. The summed E-state index contributed by atoms with van der Waals surface area (Å²) in [6.45, 7) is 5.12. The lowest BCUT2D eigenvalue weighted by Gasteiger charge is -2.23. The lowest BCUT2D eigenvalue weighted by atomic mass is 10.1. The van der Waals surface area contributed by atoms with Crippen molar-refractivity contribution in [3.05, 3.63) is 42.2 Å². The highest BCUT2D eigenvalue weighted by Gasteiger charge is 2.38. The number of nitrogens with one attached hydrogen (secondary N) is 2. The molecule has 3 rings (SSSR count). The molecular formula is C25H34F3N5O5. The number of benzene rings is 1. The summed E-state index contributed by atoms with van der Waals surface area (Å²) >= 11 is 0. The molecule has 210 valence electrons. The average molecular weight is 542 g/mol. The Bertz CT molecular complexity index is 984. The van der Waals surface area contributed by atoms with Gasteiger partial charge >= 0.3 is 12.1 Å². The number of carboxylic acids is 1. The lowest BCUT2D eigenvalue weighted by molar-refractivity contribution is -0.192. The Kier molecular flexibility index (Phi) is 12.9. The van der Waals surface area contributed by atoms with Crippen molar-refractivity contribution in [2.24, 2.45) is 0 Å². The number of halogens is 3. The first-order chi connectivity index (χ1) is 18.1. The molecule has 0 spiro atoms. The molecule has 1 aromatic heterocycles. The fourth-order valence-electron chi connectivity index (χ4n) is 3.44. The van der Waals surface area contributed by atoms with Crippen molar-refractivity contribution in [1.29, 1.82) is 0 Å². The van der Waals surface area contributed by atoms with Crippen LogP contribution in [0.2, 0.25) is 0 Å². The second-order valence-electron chi connectivity index (χ2n) is 8.62.